The number of aromatic nitrogens is 4. The predicted molar refractivity (Wildman–Crippen MR) is 114 cm³/mol. The van der Waals surface area contributed by atoms with Crippen LogP contribution < -0.4 is 9.55 Å². The van der Waals surface area contributed by atoms with E-state index in [9.17, 15) is 5.11 Å². The SMILES string of the molecule is Oc1cccc2c1c1[c-]c(-[n+]3[c-]n(-c4ccc[n-]4)cc3)ccc1n2-c1ccccc1.[Au+3]. The molecule has 3 aromatic carbocycles. The Balaban J connectivity index is 0.00000204. The molecule has 0 saturated heterocycles. The van der Waals surface area contributed by atoms with E-state index in [1.54, 1.807) is 12.3 Å². The number of fused-ring (bicyclic) bond motifs is 3. The van der Waals surface area contributed by atoms with Crippen molar-refractivity contribution in [2.24, 2.45) is 0 Å². The first kappa shape index (κ1) is 19.5. The normalized spacial score (nSPS) is 11.1. The minimum Gasteiger partial charge on any atom is -0.517 e. The summed E-state index contributed by atoms with van der Waals surface area (Å²) in [6.45, 7) is 0. The first-order valence-corrected chi connectivity index (χ1v) is 9.64. The van der Waals surface area contributed by atoms with Gasteiger partial charge in [0.25, 0.3) is 0 Å². The van der Waals surface area contributed by atoms with Crippen molar-refractivity contribution in [1.29, 1.82) is 0 Å². The smallest absolute Gasteiger partial charge is 0.517 e. The summed E-state index contributed by atoms with van der Waals surface area (Å²) in [5.74, 6) is 1.06. The van der Waals surface area contributed by atoms with E-state index in [1.807, 2.05) is 70.1 Å². The molecule has 6 heteroatoms. The summed E-state index contributed by atoms with van der Waals surface area (Å²) in [4.78, 5) is 4.30. The zero-order chi connectivity index (χ0) is 20.1. The van der Waals surface area contributed by atoms with E-state index in [0.717, 1.165) is 39.0 Å². The van der Waals surface area contributed by atoms with Crippen molar-refractivity contribution in [1.82, 2.24) is 14.1 Å². The molecule has 5 nitrogen and oxygen atoms in total. The van der Waals surface area contributed by atoms with Crippen LogP contribution >= 0.6 is 0 Å². The number of aromatic hydroxyl groups is 1. The van der Waals surface area contributed by atoms with Gasteiger partial charge in [0.15, 0.2) is 0 Å². The van der Waals surface area contributed by atoms with Crippen molar-refractivity contribution >= 4 is 21.8 Å². The molecule has 0 fully saturated rings. The molecule has 0 aliphatic carbocycles. The number of benzene rings is 3. The van der Waals surface area contributed by atoms with Gasteiger partial charge < -0.3 is 23.8 Å². The van der Waals surface area contributed by atoms with E-state index in [-0.39, 0.29) is 28.1 Å². The second-order valence-corrected chi connectivity index (χ2v) is 7.08. The molecule has 0 bridgehead atoms. The fourth-order valence-electron chi connectivity index (χ4n) is 3.96. The van der Waals surface area contributed by atoms with E-state index >= 15 is 0 Å². The summed E-state index contributed by atoms with van der Waals surface area (Å²) in [5, 5.41) is 12.3. The molecule has 0 aliphatic heterocycles. The Morgan fingerprint density at radius 1 is 0.871 bits per heavy atom. The Morgan fingerprint density at radius 2 is 1.74 bits per heavy atom. The average molecular weight is 585 g/mol. The summed E-state index contributed by atoms with van der Waals surface area (Å²) < 4.78 is 5.86. The molecule has 0 aliphatic rings. The van der Waals surface area contributed by atoms with Gasteiger partial charge in [-0.1, -0.05) is 42.6 Å². The molecule has 31 heavy (non-hydrogen) atoms. The third-order valence-corrected chi connectivity index (χ3v) is 5.30. The third-order valence-electron chi connectivity index (χ3n) is 5.30. The van der Waals surface area contributed by atoms with E-state index in [0.29, 0.717) is 0 Å². The van der Waals surface area contributed by atoms with Crippen molar-refractivity contribution in [3.8, 4) is 22.9 Å². The molecule has 0 atom stereocenters. The van der Waals surface area contributed by atoms with Gasteiger partial charge in [0, 0.05) is 17.5 Å². The first-order chi connectivity index (χ1) is 14.8. The third kappa shape index (κ3) is 3.11. The first-order valence-electron chi connectivity index (χ1n) is 9.64. The van der Waals surface area contributed by atoms with Crippen LogP contribution in [-0.4, -0.2) is 14.2 Å². The van der Waals surface area contributed by atoms with E-state index in [4.69, 9.17) is 0 Å². The molecule has 6 rings (SSSR count). The number of hydrogen-bond acceptors (Lipinski definition) is 1. The van der Waals surface area contributed by atoms with E-state index in [1.165, 1.54) is 0 Å². The molecule has 0 amide bonds. The predicted octanol–water partition coefficient (Wildman–Crippen LogP) is 4.11. The number of nitrogens with zero attached hydrogens (tertiary/aromatic N) is 4. The van der Waals surface area contributed by atoms with E-state index < -0.39 is 0 Å². The molecule has 152 valence electrons. The van der Waals surface area contributed by atoms with Crippen molar-refractivity contribution in [2.45, 2.75) is 0 Å². The summed E-state index contributed by atoms with van der Waals surface area (Å²) in [7, 11) is 0. The number of imidazole rings is 1. The van der Waals surface area contributed by atoms with Gasteiger partial charge in [0.2, 0.25) is 0 Å². The maximum Gasteiger partial charge on any atom is 3.00 e. The number of para-hydroxylation sites is 1. The summed E-state index contributed by atoms with van der Waals surface area (Å²) in [6, 6.07) is 27.1. The molecule has 3 heterocycles. The van der Waals surface area contributed by atoms with Crippen LogP contribution in [0.15, 0.2) is 91.4 Å². The molecular formula is C25H16AuN4O+. The minimum absolute atomic E-state index is 0. The van der Waals surface area contributed by atoms with Gasteiger partial charge in [-0.2, -0.15) is 0 Å². The van der Waals surface area contributed by atoms with Crippen molar-refractivity contribution in [2.75, 3.05) is 0 Å². The zero-order valence-electron chi connectivity index (χ0n) is 16.2. The fourth-order valence-corrected chi connectivity index (χ4v) is 3.96. The van der Waals surface area contributed by atoms with Crippen LogP contribution in [0.5, 0.6) is 5.75 Å². The van der Waals surface area contributed by atoms with Gasteiger partial charge in [0.1, 0.15) is 0 Å². The van der Waals surface area contributed by atoms with Gasteiger partial charge in [-0.25, -0.2) is 0 Å². The van der Waals surface area contributed by atoms with Gasteiger partial charge in [-0.05, 0) is 47.1 Å². The molecule has 0 radical (unpaired) electrons. The van der Waals surface area contributed by atoms with Crippen molar-refractivity contribution in [3.63, 3.8) is 0 Å². The topological polar surface area (TPSA) is 48.1 Å². The molecule has 0 unspecified atom stereocenters. The van der Waals surface area contributed by atoms with Crippen LogP contribution in [0.2, 0.25) is 0 Å². The molecule has 0 spiro atoms. The molecule has 6 aromatic rings. The largest absolute Gasteiger partial charge is 3.00 e. The minimum atomic E-state index is 0. The zero-order valence-corrected chi connectivity index (χ0v) is 18.4. The van der Waals surface area contributed by atoms with Crippen LogP contribution in [0, 0.1) is 12.4 Å². The van der Waals surface area contributed by atoms with Crippen LogP contribution in [0.25, 0.3) is 39.0 Å². The van der Waals surface area contributed by atoms with Crippen LogP contribution in [0.4, 0.5) is 0 Å². The summed E-state index contributed by atoms with van der Waals surface area (Å²) in [6.07, 6.45) is 8.85. The average Bonchev–Trinajstić information content (AvgIpc) is 3.52. The molecule has 1 N–H and O–H groups in total. The van der Waals surface area contributed by atoms with E-state index in [2.05, 4.69) is 40.1 Å². The second kappa shape index (κ2) is 7.63. The van der Waals surface area contributed by atoms with Gasteiger partial charge >= 0.3 is 22.4 Å². The maximum absolute atomic E-state index is 10.7. The molecule has 3 aromatic heterocycles. The van der Waals surface area contributed by atoms with Crippen LogP contribution in [0.3, 0.4) is 0 Å². The Kier molecular flexibility index (Phi) is 4.79. The maximum atomic E-state index is 10.7. The Morgan fingerprint density at radius 3 is 2.55 bits per heavy atom. The fraction of sp³-hybridized carbons (Fsp3) is 0. The van der Waals surface area contributed by atoms with Crippen LogP contribution in [0.1, 0.15) is 0 Å². The molecule has 0 saturated carbocycles. The Labute approximate surface area is 194 Å². The number of phenols is 1. The standard InChI is InChI=1S/C25H16N4O.Au/c30-23-9-4-8-22-25(23)20-16-19(27-14-15-28(17-27)24-10-5-13-26-24)11-12-21(20)29(22)18-6-2-1-3-7-18;/h1-15,30H;/q-2;+3. The Hall–Kier alpha value is -3.51. The number of phenolic OH excluding ortho intramolecular Hbond substituents is 1. The quantitative estimate of drug-likeness (QED) is 0.193. The molecular weight excluding hydrogens is 569 g/mol. The van der Waals surface area contributed by atoms with Crippen molar-refractivity contribution < 1.29 is 32.1 Å². The van der Waals surface area contributed by atoms with Gasteiger partial charge in [-0.15, -0.1) is 35.6 Å². The number of hydrogen-bond donors (Lipinski definition) is 1. The van der Waals surface area contributed by atoms with Crippen LogP contribution in [-0.2, 0) is 22.4 Å². The van der Waals surface area contributed by atoms with Crippen molar-refractivity contribution in [3.05, 3.63) is 104 Å². The second-order valence-electron chi connectivity index (χ2n) is 7.08. The van der Waals surface area contributed by atoms with Gasteiger partial charge in [-0.3, -0.25) is 0 Å². The summed E-state index contributed by atoms with van der Waals surface area (Å²) >= 11 is 0. The number of rotatable bonds is 3. The summed E-state index contributed by atoms with van der Waals surface area (Å²) in [5.41, 5.74) is 3.80. The van der Waals surface area contributed by atoms with Gasteiger partial charge in [0.05, 0.1) is 5.75 Å². The monoisotopic (exact) mass is 585 g/mol. The Bertz CT molecular complexity index is 1500.